The first-order chi connectivity index (χ1) is 10.3. The van der Waals surface area contributed by atoms with Crippen molar-refractivity contribution in [2.75, 3.05) is 0 Å². The van der Waals surface area contributed by atoms with E-state index in [2.05, 4.69) is 66.5 Å². The maximum absolute atomic E-state index is 4.22. The van der Waals surface area contributed by atoms with Gasteiger partial charge in [-0.05, 0) is 35.0 Å². The Morgan fingerprint density at radius 2 is 1.27 bits per heavy atom. The topological polar surface area (TPSA) is 0 Å². The van der Waals surface area contributed by atoms with Crippen LogP contribution in [0.3, 0.4) is 0 Å². The van der Waals surface area contributed by atoms with Crippen molar-refractivity contribution < 1.29 is 0 Å². The third-order valence-electron chi connectivity index (χ3n) is 5.15. The molecule has 0 bridgehead atoms. The van der Waals surface area contributed by atoms with Gasteiger partial charge >= 0.3 is 0 Å². The van der Waals surface area contributed by atoms with E-state index in [9.17, 15) is 0 Å². The zero-order valence-electron chi connectivity index (χ0n) is 16.4. The largest absolute Gasteiger partial charge is 0.146 e. The Morgan fingerprint density at radius 3 is 1.73 bits per heavy atom. The van der Waals surface area contributed by atoms with Gasteiger partial charge in [0, 0.05) is 0 Å². The molecular formula is C21H40Si. The number of allylic oxidation sites excluding steroid dienone is 1. The van der Waals surface area contributed by atoms with Crippen LogP contribution in [0.15, 0.2) is 12.2 Å². The highest BCUT2D eigenvalue weighted by atomic mass is 28.3. The minimum atomic E-state index is -1.58. The normalized spacial score (nSPS) is 11.9. The van der Waals surface area contributed by atoms with Gasteiger partial charge in [0.15, 0.2) is 0 Å². The van der Waals surface area contributed by atoms with Crippen molar-refractivity contribution >= 4 is 8.07 Å². The summed E-state index contributed by atoms with van der Waals surface area (Å²) in [6.45, 7) is 20.7. The molecule has 0 rings (SSSR count). The summed E-state index contributed by atoms with van der Waals surface area (Å²) in [7, 11) is -1.58. The predicted molar refractivity (Wildman–Crippen MR) is 106 cm³/mol. The number of hydrogen-bond acceptors (Lipinski definition) is 0. The molecule has 0 unspecified atom stereocenters. The average Bonchev–Trinajstić information content (AvgIpc) is 2.42. The minimum Gasteiger partial charge on any atom is -0.125 e. The van der Waals surface area contributed by atoms with E-state index in [0.29, 0.717) is 16.6 Å². The molecule has 1 heteroatoms. The van der Waals surface area contributed by atoms with Gasteiger partial charge in [-0.15, -0.1) is 5.54 Å². The summed E-state index contributed by atoms with van der Waals surface area (Å²) in [5.74, 6) is 3.49. The highest BCUT2D eigenvalue weighted by molar-refractivity contribution is 6.90. The lowest BCUT2D eigenvalue weighted by Crippen LogP contribution is -2.43. The van der Waals surface area contributed by atoms with E-state index in [4.69, 9.17) is 0 Å². The van der Waals surface area contributed by atoms with E-state index in [1.807, 2.05) is 0 Å². The minimum absolute atomic E-state index is 0.710. The second-order valence-electron chi connectivity index (χ2n) is 7.77. The van der Waals surface area contributed by atoms with Crippen LogP contribution in [-0.4, -0.2) is 8.07 Å². The standard InChI is InChI=1S/C21H40Si/c1-9-10-11-12-13-14-15-21(8)16-17-22(18(2)3,19(4)5)20(6)7/h18-20H,8-15H2,1-7H3. The summed E-state index contributed by atoms with van der Waals surface area (Å²) in [6.07, 6.45) is 9.16. The van der Waals surface area contributed by atoms with Crippen LogP contribution in [-0.2, 0) is 0 Å². The first kappa shape index (κ1) is 21.5. The SMILES string of the molecule is C=C(C#C[Si](C(C)C)(C(C)C)C(C)C)CCCCCCCC. The van der Waals surface area contributed by atoms with Crippen LogP contribution in [0.25, 0.3) is 0 Å². The zero-order chi connectivity index (χ0) is 17.2. The molecule has 0 aromatic rings. The molecule has 0 aromatic heterocycles. The Labute approximate surface area is 142 Å². The molecular weight excluding hydrogens is 280 g/mol. The van der Waals surface area contributed by atoms with Crippen molar-refractivity contribution in [2.45, 2.75) is 110 Å². The monoisotopic (exact) mass is 320 g/mol. The Kier molecular flexibility index (Phi) is 10.9. The van der Waals surface area contributed by atoms with E-state index < -0.39 is 8.07 Å². The molecule has 0 fully saturated rings. The molecule has 0 aliphatic rings. The number of rotatable bonds is 10. The fraction of sp³-hybridized carbons (Fsp3) is 0.810. The summed E-state index contributed by atoms with van der Waals surface area (Å²) < 4.78 is 0. The van der Waals surface area contributed by atoms with Crippen molar-refractivity contribution in [3.63, 3.8) is 0 Å². The molecule has 0 aromatic carbocycles. The molecule has 0 saturated carbocycles. The summed E-state index contributed by atoms with van der Waals surface area (Å²) in [6, 6.07) is 0. The molecule has 0 amide bonds. The highest BCUT2D eigenvalue weighted by Crippen LogP contribution is 2.40. The molecule has 0 aliphatic heterocycles. The Balaban J connectivity index is 4.57. The van der Waals surface area contributed by atoms with Crippen molar-refractivity contribution in [3.8, 4) is 11.5 Å². The van der Waals surface area contributed by atoms with Gasteiger partial charge < -0.3 is 0 Å². The molecule has 0 radical (unpaired) electrons. The van der Waals surface area contributed by atoms with Gasteiger partial charge in [0.1, 0.15) is 8.07 Å². The van der Waals surface area contributed by atoms with E-state index in [1.165, 1.54) is 38.5 Å². The lowest BCUT2D eigenvalue weighted by molar-refractivity contribution is 0.609. The summed E-state index contributed by atoms with van der Waals surface area (Å²) >= 11 is 0. The van der Waals surface area contributed by atoms with Crippen LogP contribution in [0, 0.1) is 11.5 Å². The van der Waals surface area contributed by atoms with Gasteiger partial charge in [-0.3, -0.25) is 0 Å². The Morgan fingerprint density at radius 1 is 0.818 bits per heavy atom. The number of hydrogen-bond donors (Lipinski definition) is 0. The van der Waals surface area contributed by atoms with E-state index in [-0.39, 0.29) is 0 Å². The van der Waals surface area contributed by atoms with Gasteiger partial charge in [-0.25, -0.2) is 0 Å². The predicted octanol–water partition coefficient (Wildman–Crippen LogP) is 7.51. The zero-order valence-corrected chi connectivity index (χ0v) is 17.4. The van der Waals surface area contributed by atoms with Gasteiger partial charge in [-0.1, -0.05) is 93.1 Å². The van der Waals surface area contributed by atoms with Crippen LogP contribution < -0.4 is 0 Å². The lowest BCUT2D eigenvalue weighted by Gasteiger charge is -2.38. The van der Waals surface area contributed by atoms with Crippen molar-refractivity contribution in [1.82, 2.24) is 0 Å². The first-order valence-corrected chi connectivity index (χ1v) is 11.7. The molecule has 0 atom stereocenters. The molecule has 22 heavy (non-hydrogen) atoms. The number of unbranched alkanes of at least 4 members (excludes halogenated alkanes) is 5. The van der Waals surface area contributed by atoms with Gasteiger partial charge in [-0.2, -0.15) is 0 Å². The van der Waals surface area contributed by atoms with Crippen LogP contribution in [0.4, 0.5) is 0 Å². The van der Waals surface area contributed by atoms with E-state index >= 15 is 0 Å². The quantitative estimate of drug-likeness (QED) is 0.222. The molecule has 0 N–H and O–H groups in total. The Bertz CT molecular complexity index is 343. The smallest absolute Gasteiger partial charge is 0.125 e. The molecule has 0 spiro atoms. The van der Waals surface area contributed by atoms with Crippen molar-refractivity contribution in [3.05, 3.63) is 12.2 Å². The third kappa shape index (κ3) is 6.74. The maximum atomic E-state index is 4.22. The third-order valence-corrected chi connectivity index (χ3v) is 11.4. The average molecular weight is 321 g/mol. The van der Waals surface area contributed by atoms with Crippen molar-refractivity contribution in [2.24, 2.45) is 0 Å². The van der Waals surface area contributed by atoms with Crippen LogP contribution in [0.5, 0.6) is 0 Å². The van der Waals surface area contributed by atoms with E-state index in [1.54, 1.807) is 0 Å². The van der Waals surface area contributed by atoms with Crippen LogP contribution >= 0.6 is 0 Å². The van der Waals surface area contributed by atoms with Gasteiger partial charge in [0.25, 0.3) is 0 Å². The maximum Gasteiger partial charge on any atom is 0.146 e. The fourth-order valence-corrected chi connectivity index (χ4v) is 9.07. The second kappa shape index (κ2) is 11.1. The highest BCUT2D eigenvalue weighted by Gasteiger charge is 2.41. The molecule has 0 saturated heterocycles. The molecule has 128 valence electrons. The lowest BCUT2D eigenvalue weighted by atomic mass is 10.1. The van der Waals surface area contributed by atoms with Gasteiger partial charge in [0.05, 0.1) is 0 Å². The molecule has 0 nitrogen and oxygen atoms in total. The summed E-state index contributed by atoms with van der Waals surface area (Å²) in [4.78, 5) is 0. The van der Waals surface area contributed by atoms with E-state index in [0.717, 1.165) is 12.0 Å². The fourth-order valence-electron chi connectivity index (χ4n) is 3.81. The van der Waals surface area contributed by atoms with Crippen LogP contribution in [0.1, 0.15) is 93.4 Å². The Hall–Kier alpha value is -0.483. The second-order valence-corrected chi connectivity index (χ2v) is 13.3. The summed E-state index contributed by atoms with van der Waals surface area (Å²) in [5, 5.41) is 0. The van der Waals surface area contributed by atoms with Crippen molar-refractivity contribution in [1.29, 1.82) is 0 Å². The summed E-state index contributed by atoms with van der Waals surface area (Å²) in [5.41, 5.74) is 7.07. The first-order valence-electron chi connectivity index (χ1n) is 9.49. The molecule has 0 heterocycles. The van der Waals surface area contributed by atoms with Gasteiger partial charge in [0.2, 0.25) is 0 Å². The molecule has 0 aliphatic carbocycles. The van der Waals surface area contributed by atoms with Crippen LogP contribution in [0.2, 0.25) is 16.6 Å².